The minimum atomic E-state index is -1.19. The zero-order chi connectivity index (χ0) is 36.2. The number of carbonyl (C=O) groups excluding carboxylic acids is 5. The van der Waals surface area contributed by atoms with Crippen LogP contribution in [0.1, 0.15) is 100 Å². The smallest absolute Gasteiger partial charge is 0.315 e. The number of carbonyl (C=O) groups is 5. The molecule has 0 bridgehead atoms. The van der Waals surface area contributed by atoms with E-state index in [4.69, 9.17) is 6.42 Å². The molecule has 0 radical (unpaired) electrons. The lowest BCUT2D eigenvalue weighted by Gasteiger charge is -2.41. The first-order valence-corrected chi connectivity index (χ1v) is 18.5. The van der Waals surface area contributed by atoms with Crippen molar-refractivity contribution in [2.75, 3.05) is 18.8 Å². The van der Waals surface area contributed by atoms with Gasteiger partial charge in [-0.3, -0.25) is 23.4 Å². The van der Waals surface area contributed by atoms with Crippen molar-refractivity contribution >= 4 is 40.3 Å². The number of terminal acetylenes is 1. The molecule has 48 heavy (non-hydrogen) atoms. The number of likely N-dealkylation sites (tertiary alicyclic amines) is 1. The first kappa shape index (κ1) is 39.2. The summed E-state index contributed by atoms with van der Waals surface area (Å²) in [5.41, 5.74) is -1.58. The average Bonchev–Trinajstić information content (AvgIpc) is 3.30. The summed E-state index contributed by atoms with van der Waals surface area (Å²) in [4.78, 5) is 69.2. The van der Waals surface area contributed by atoms with Crippen LogP contribution >= 0.6 is 0 Å². The second-order valence-electron chi connectivity index (χ2n) is 16.4. The van der Waals surface area contributed by atoms with E-state index in [2.05, 4.69) is 33.8 Å². The molecule has 11 nitrogen and oxygen atoms in total. The van der Waals surface area contributed by atoms with Crippen LogP contribution in [0.5, 0.6) is 0 Å². The lowest BCUT2D eigenvalue weighted by atomic mass is 9.83. The van der Waals surface area contributed by atoms with Crippen molar-refractivity contribution in [3.05, 3.63) is 12.7 Å². The molecule has 0 aromatic heterocycles. The van der Waals surface area contributed by atoms with Crippen molar-refractivity contribution in [3.8, 4) is 12.3 Å². The number of ketones is 1. The van der Waals surface area contributed by atoms with E-state index in [1.165, 1.54) is 11.0 Å². The van der Waals surface area contributed by atoms with Gasteiger partial charge in [-0.25, -0.2) is 4.79 Å². The van der Waals surface area contributed by atoms with Crippen LogP contribution in [-0.2, 0) is 30.0 Å². The topological polar surface area (TPSA) is 154 Å². The highest BCUT2D eigenvalue weighted by Gasteiger charge is 2.70. The third-order valence-electron chi connectivity index (χ3n) is 10.3. The number of Topliss-reactive ketones (excluding diaryl/α,β-unsaturated/α-hetero) is 1. The Hall–Kier alpha value is -3.20. The van der Waals surface area contributed by atoms with Gasteiger partial charge in [-0.15, -0.1) is 18.9 Å². The Labute approximate surface area is 289 Å². The Bertz CT molecular complexity index is 1330. The van der Waals surface area contributed by atoms with Crippen LogP contribution < -0.4 is 21.3 Å². The highest BCUT2D eigenvalue weighted by atomic mass is 32.2. The van der Waals surface area contributed by atoms with Crippen LogP contribution in [0.25, 0.3) is 0 Å². The first-order valence-electron chi connectivity index (χ1n) is 17.1. The quantitative estimate of drug-likeness (QED) is 0.133. The van der Waals surface area contributed by atoms with E-state index in [-0.39, 0.29) is 36.6 Å². The van der Waals surface area contributed by atoms with Gasteiger partial charge in [-0.2, -0.15) is 0 Å². The molecule has 6 atom stereocenters. The molecule has 1 heterocycles. The van der Waals surface area contributed by atoms with Crippen LogP contribution in [-0.4, -0.2) is 85.9 Å². The van der Waals surface area contributed by atoms with Crippen LogP contribution in [0.2, 0.25) is 0 Å². The summed E-state index contributed by atoms with van der Waals surface area (Å²) in [7, 11) is -1.19. The number of fused-ring (bicyclic) bond motifs is 1. The molecule has 2 aliphatic carbocycles. The normalized spacial score (nSPS) is 24.5. The predicted octanol–water partition coefficient (Wildman–Crippen LogP) is 3.20. The zero-order valence-electron chi connectivity index (χ0n) is 30.1. The molecule has 1 aliphatic heterocycles. The van der Waals surface area contributed by atoms with Gasteiger partial charge < -0.3 is 26.2 Å². The minimum Gasteiger partial charge on any atom is -0.346 e. The Balaban J connectivity index is 1.85. The van der Waals surface area contributed by atoms with Gasteiger partial charge in [0.1, 0.15) is 12.1 Å². The summed E-state index contributed by atoms with van der Waals surface area (Å²) in [5.74, 6) is 0.0756. The molecule has 3 fully saturated rings. The van der Waals surface area contributed by atoms with Crippen LogP contribution in [0.15, 0.2) is 12.7 Å². The number of rotatable bonds is 13. The van der Waals surface area contributed by atoms with Gasteiger partial charge in [0.05, 0.1) is 11.6 Å². The average molecular weight is 688 g/mol. The molecule has 0 aromatic rings. The van der Waals surface area contributed by atoms with E-state index in [9.17, 15) is 28.2 Å². The van der Waals surface area contributed by atoms with Crippen LogP contribution in [0.3, 0.4) is 0 Å². The highest BCUT2D eigenvalue weighted by Crippen LogP contribution is 2.65. The van der Waals surface area contributed by atoms with E-state index in [0.29, 0.717) is 25.1 Å². The maximum atomic E-state index is 14.4. The molecule has 0 aromatic carbocycles. The maximum Gasteiger partial charge on any atom is 0.315 e. The maximum absolute atomic E-state index is 14.4. The Morgan fingerprint density at radius 2 is 1.67 bits per heavy atom. The second-order valence-corrected chi connectivity index (χ2v) is 18.6. The number of amides is 5. The van der Waals surface area contributed by atoms with Gasteiger partial charge in [0.2, 0.25) is 17.6 Å². The SMILES string of the molecule is C#CCCC(NC(=O)[C@@H]1[C@H]2C(CN1C(=O)[C@@H](NC(=O)NC1(CS(=O)C(C)(C)C)CCCCC1)C(C)(C)C)C2(C)C)C(=O)C(=O)NCC=C. The molecule has 5 amide bonds. The molecule has 3 unspecified atom stereocenters. The van der Waals surface area contributed by atoms with E-state index in [0.717, 1.165) is 19.3 Å². The summed E-state index contributed by atoms with van der Waals surface area (Å²) < 4.78 is 12.8. The molecule has 4 N–H and O–H groups in total. The number of nitrogens with zero attached hydrogens (tertiary/aromatic N) is 1. The van der Waals surface area contributed by atoms with Crippen molar-refractivity contribution in [3.63, 3.8) is 0 Å². The van der Waals surface area contributed by atoms with E-state index in [1.54, 1.807) is 0 Å². The fraction of sp³-hybridized carbons (Fsp3) is 0.750. The molecular formula is C36H57N5O6S. The Morgan fingerprint density at radius 1 is 1.04 bits per heavy atom. The van der Waals surface area contributed by atoms with Gasteiger partial charge in [-0.1, -0.05) is 60.0 Å². The number of piperidine rings is 1. The summed E-state index contributed by atoms with van der Waals surface area (Å²) >= 11 is 0. The summed E-state index contributed by atoms with van der Waals surface area (Å²) in [6, 6.07) is -3.55. The molecule has 2 saturated carbocycles. The summed E-state index contributed by atoms with van der Waals surface area (Å²) in [5, 5.41) is 11.3. The second kappa shape index (κ2) is 15.1. The van der Waals surface area contributed by atoms with Crippen molar-refractivity contribution in [1.82, 2.24) is 26.2 Å². The molecule has 3 rings (SSSR count). The molecule has 0 spiro atoms. The molecule has 268 valence electrons. The predicted molar refractivity (Wildman–Crippen MR) is 188 cm³/mol. The lowest BCUT2D eigenvalue weighted by Crippen LogP contribution is -2.64. The number of urea groups is 1. The van der Waals surface area contributed by atoms with E-state index < -0.39 is 74.2 Å². The van der Waals surface area contributed by atoms with Crippen LogP contribution in [0.4, 0.5) is 4.79 Å². The summed E-state index contributed by atoms with van der Waals surface area (Å²) in [6.07, 6.45) is 11.4. The number of hydrogen-bond acceptors (Lipinski definition) is 6. The third kappa shape index (κ3) is 9.07. The van der Waals surface area contributed by atoms with Gasteiger partial charge in [0.15, 0.2) is 0 Å². The lowest BCUT2D eigenvalue weighted by molar-refractivity contribution is -0.145. The van der Waals surface area contributed by atoms with Crippen molar-refractivity contribution in [2.24, 2.45) is 22.7 Å². The standard InChI is InChI=1S/C36H57N5O6S/c1-11-13-17-24(27(42)30(44)37-20-12-2)38-29(43)26-25-23(35(25,9)10)21-41(26)31(45)28(33(3,4)5)39-32(46)40-36(18-15-14-16-19-36)22-48(47)34(6,7)8/h1,12,23-26,28H,2,13-22H2,3-10H3,(H,37,44)(H,38,43)(H2,39,40,46)/t23?,24?,25-,26+,28-,48?/m1/s1. The third-order valence-corrected chi connectivity index (χ3v) is 12.5. The monoisotopic (exact) mass is 687 g/mol. The molecule has 1 saturated heterocycles. The Kier molecular flexibility index (Phi) is 12.4. The number of hydrogen-bond donors (Lipinski definition) is 4. The minimum absolute atomic E-state index is 0.0558. The molecular weight excluding hydrogens is 630 g/mol. The van der Waals surface area contributed by atoms with E-state index >= 15 is 0 Å². The summed E-state index contributed by atoms with van der Waals surface area (Å²) in [6.45, 7) is 19.4. The fourth-order valence-electron chi connectivity index (χ4n) is 7.20. The van der Waals surface area contributed by atoms with Gasteiger partial charge >= 0.3 is 6.03 Å². The van der Waals surface area contributed by atoms with Crippen molar-refractivity contribution in [1.29, 1.82) is 0 Å². The zero-order valence-corrected chi connectivity index (χ0v) is 30.9. The van der Waals surface area contributed by atoms with Gasteiger partial charge in [0, 0.05) is 40.8 Å². The van der Waals surface area contributed by atoms with Crippen LogP contribution in [0, 0.1) is 35.0 Å². The Morgan fingerprint density at radius 3 is 2.21 bits per heavy atom. The molecule has 3 aliphatic rings. The van der Waals surface area contributed by atoms with Crippen molar-refractivity contribution in [2.45, 2.75) is 129 Å². The van der Waals surface area contributed by atoms with E-state index in [1.807, 2.05) is 55.4 Å². The van der Waals surface area contributed by atoms with Gasteiger partial charge in [-0.05, 0) is 62.7 Å². The molecule has 12 heteroatoms. The van der Waals surface area contributed by atoms with Gasteiger partial charge in [0.25, 0.3) is 5.91 Å². The van der Waals surface area contributed by atoms with Crippen molar-refractivity contribution < 1.29 is 28.2 Å². The highest BCUT2D eigenvalue weighted by molar-refractivity contribution is 7.86. The fourth-order valence-corrected chi connectivity index (χ4v) is 8.50. The largest absolute Gasteiger partial charge is 0.346 e. The first-order chi connectivity index (χ1) is 22.2. The number of nitrogens with one attached hydrogen (secondary N) is 4.